The summed E-state index contributed by atoms with van der Waals surface area (Å²) < 4.78 is 14.5. The predicted octanol–water partition coefficient (Wildman–Crippen LogP) is 0.746. The van der Waals surface area contributed by atoms with Gasteiger partial charge < -0.3 is 14.2 Å². The molecule has 2 aliphatic rings. The molecule has 2 aliphatic heterocycles. The maximum Gasteiger partial charge on any atom is 0.164 e. The smallest absolute Gasteiger partial charge is 0.164 e. The van der Waals surface area contributed by atoms with Crippen LogP contribution in [0.1, 0.15) is 0 Å². The molecule has 0 aromatic rings. The number of hydrogen-bond donors (Lipinski definition) is 0. The first-order chi connectivity index (χ1) is 4.45. The summed E-state index contributed by atoms with van der Waals surface area (Å²) in [5.74, 6) is 1.83. The van der Waals surface area contributed by atoms with Crippen LogP contribution >= 0.6 is 0 Å². The zero-order valence-electron chi connectivity index (χ0n) is 4.79. The molecule has 0 fully saturated rings. The van der Waals surface area contributed by atoms with Gasteiger partial charge >= 0.3 is 0 Å². The standard InChI is InChI=1S/C6H6O3/c1(5-3-8-5)7-2-6-4-9-6/h3-4H,1-2H2. The van der Waals surface area contributed by atoms with Crippen molar-refractivity contribution in [3.8, 4) is 0 Å². The van der Waals surface area contributed by atoms with Gasteiger partial charge in [-0.2, -0.15) is 0 Å². The largest absolute Gasteiger partial charge is 0.460 e. The minimum atomic E-state index is 0.570. The lowest BCUT2D eigenvalue weighted by Crippen LogP contribution is -1.93. The van der Waals surface area contributed by atoms with E-state index in [2.05, 4.69) is 0 Å². The van der Waals surface area contributed by atoms with Crippen molar-refractivity contribution in [1.29, 1.82) is 0 Å². The quantitative estimate of drug-likeness (QED) is 0.557. The third kappa shape index (κ3) is 1.47. The zero-order valence-corrected chi connectivity index (χ0v) is 4.79. The van der Waals surface area contributed by atoms with Crippen molar-refractivity contribution in [2.45, 2.75) is 0 Å². The Balaban J connectivity index is 1.56. The lowest BCUT2D eigenvalue weighted by molar-refractivity contribution is 0.155. The van der Waals surface area contributed by atoms with E-state index >= 15 is 0 Å². The summed E-state index contributed by atoms with van der Waals surface area (Å²) in [5, 5.41) is 0. The molecule has 0 aromatic heterocycles. The molecule has 48 valence electrons. The molecule has 9 heavy (non-hydrogen) atoms. The Morgan fingerprint density at radius 1 is 1.11 bits per heavy atom. The van der Waals surface area contributed by atoms with Crippen LogP contribution in [-0.2, 0) is 14.2 Å². The van der Waals surface area contributed by atoms with E-state index in [4.69, 9.17) is 14.2 Å². The summed E-state index contributed by atoms with van der Waals surface area (Å²) >= 11 is 0. The summed E-state index contributed by atoms with van der Waals surface area (Å²) in [4.78, 5) is 0. The van der Waals surface area contributed by atoms with E-state index in [1.165, 1.54) is 0 Å². The van der Waals surface area contributed by atoms with Crippen molar-refractivity contribution >= 4 is 0 Å². The van der Waals surface area contributed by atoms with E-state index in [9.17, 15) is 0 Å². The summed E-state index contributed by atoms with van der Waals surface area (Å²) in [5.41, 5.74) is 0. The van der Waals surface area contributed by atoms with E-state index < -0.39 is 0 Å². The summed E-state index contributed by atoms with van der Waals surface area (Å²) in [6.07, 6.45) is 3.34. The number of hydrogen-bond acceptors (Lipinski definition) is 3. The lowest BCUT2D eigenvalue weighted by atomic mass is 10.6. The second-order valence-electron chi connectivity index (χ2n) is 1.90. The van der Waals surface area contributed by atoms with E-state index in [-0.39, 0.29) is 0 Å². The molecule has 0 N–H and O–H groups in total. The fourth-order valence-corrected chi connectivity index (χ4v) is 0.472. The Bertz CT molecular complexity index is 161. The van der Waals surface area contributed by atoms with Crippen LogP contribution in [0.2, 0.25) is 0 Å². The SMILES string of the molecule is C1=C(COCC2=CO2)O1. The Hall–Kier alpha value is -0.960. The highest BCUT2D eigenvalue weighted by atomic mass is 16.6. The highest BCUT2D eigenvalue weighted by molar-refractivity contribution is 5.05. The van der Waals surface area contributed by atoms with Crippen LogP contribution in [-0.4, -0.2) is 13.2 Å². The lowest BCUT2D eigenvalue weighted by Gasteiger charge is -1.91. The second kappa shape index (κ2) is 1.77. The normalized spacial score (nSPS) is 19.1. The fourth-order valence-electron chi connectivity index (χ4n) is 0.472. The molecule has 0 saturated heterocycles. The average molecular weight is 126 g/mol. The first-order valence-electron chi connectivity index (χ1n) is 2.74. The maximum absolute atomic E-state index is 5.09. The predicted molar refractivity (Wildman–Crippen MR) is 29.2 cm³/mol. The van der Waals surface area contributed by atoms with Crippen molar-refractivity contribution in [2.75, 3.05) is 13.2 Å². The van der Waals surface area contributed by atoms with Gasteiger partial charge in [0.15, 0.2) is 11.5 Å². The third-order valence-corrected chi connectivity index (χ3v) is 1.06. The Morgan fingerprint density at radius 3 is 1.89 bits per heavy atom. The zero-order chi connectivity index (χ0) is 6.10. The molecule has 0 atom stereocenters. The van der Waals surface area contributed by atoms with E-state index in [0.717, 1.165) is 11.5 Å². The third-order valence-electron chi connectivity index (χ3n) is 1.06. The molecular weight excluding hydrogens is 120 g/mol. The first-order valence-corrected chi connectivity index (χ1v) is 2.74. The molecule has 0 saturated carbocycles. The molecule has 0 aromatic carbocycles. The van der Waals surface area contributed by atoms with E-state index in [1.54, 1.807) is 12.5 Å². The van der Waals surface area contributed by atoms with Gasteiger partial charge in [0.05, 0.1) is 0 Å². The minimum absolute atomic E-state index is 0.570. The highest BCUT2D eigenvalue weighted by Gasteiger charge is 2.13. The van der Waals surface area contributed by atoms with Gasteiger partial charge in [0.1, 0.15) is 25.7 Å². The van der Waals surface area contributed by atoms with E-state index in [1.807, 2.05) is 0 Å². The van der Waals surface area contributed by atoms with E-state index in [0.29, 0.717) is 13.2 Å². The van der Waals surface area contributed by atoms with Gasteiger partial charge in [-0.05, 0) is 0 Å². The van der Waals surface area contributed by atoms with Crippen LogP contribution in [0.5, 0.6) is 0 Å². The molecule has 2 rings (SSSR count). The van der Waals surface area contributed by atoms with Gasteiger partial charge in [0.2, 0.25) is 0 Å². The van der Waals surface area contributed by atoms with Crippen LogP contribution in [0.3, 0.4) is 0 Å². The van der Waals surface area contributed by atoms with Gasteiger partial charge in [0, 0.05) is 0 Å². The Labute approximate surface area is 52.5 Å². The minimum Gasteiger partial charge on any atom is -0.460 e. The molecular formula is C6H6O3. The Kier molecular flexibility index (Phi) is 0.960. The fraction of sp³-hybridized carbons (Fsp3) is 0.333. The van der Waals surface area contributed by atoms with Crippen molar-refractivity contribution in [2.24, 2.45) is 0 Å². The monoisotopic (exact) mass is 126 g/mol. The number of rotatable bonds is 4. The highest BCUT2D eigenvalue weighted by Crippen LogP contribution is 2.16. The van der Waals surface area contributed by atoms with Crippen LogP contribution in [0.25, 0.3) is 0 Å². The molecule has 0 spiro atoms. The average Bonchev–Trinajstić information content (AvgIpc) is 2.57. The van der Waals surface area contributed by atoms with Crippen LogP contribution in [0, 0.1) is 0 Å². The molecule has 0 unspecified atom stereocenters. The van der Waals surface area contributed by atoms with Crippen LogP contribution in [0.15, 0.2) is 24.0 Å². The molecule has 3 nitrogen and oxygen atoms in total. The van der Waals surface area contributed by atoms with Crippen LogP contribution in [0.4, 0.5) is 0 Å². The van der Waals surface area contributed by atoms with Crippen molar-refractivity contribution in [1.82, 2.24) is 0 Å². The number of ether oxygens (including phenoxy) is 3. The first kappa shape index (κ1) is 4.88. The van der Waals surface area contributed by atoms with Gasteiger partial charge in [-0.3, -0.25) is 0 Å². The van der Waals surface area contributed by atoms with Gasteiger partial charge in [-0.1, -0.05) is 0 Å². The molecule has 0 bridgehead atoms. The van der Waals surface area contributed by atoms with Crippen molar-refractivity contribution < 1.29 is 14.2 Å². The maximum atomic E-state index is 5.09. The molecule has 2 heterocycles. The molecule has 0 aliphatic carbocycles. The van der Waals surface area contributed by atoms with Gasteiger partial charge in [0.25, 0.3) is 0 Å². The second-order valence-corrected chi connectivity index (χ2v) is 1.90. The van der Waals surface area contributed by atoms with Crippen molar-refractivity contribution in [3.63, 3.8) is 0 Å². The molecule has 0 radical (unpaired) electrons. The molecule has 3 heteroatoms. The summed E-state index contributed by atoms with van der Waals surface area (Å²) in [7, 11) is 0. The summed E-state index contributed by atoms with van der Waals surface area (Å²) in [6, 6.07) is 0. The van der Waals surface area contributed by atoms with Crippen molar-refractivity contribution in [3.05, 3.63) is 24.0 Å². The Morgan fingerprint density at radius 2 is 1.56 bits per heavy atom. The summed E-state index contributed by atoms with van der Waals surface area (Å²) in [6.45, 7) is 1.14. The van der Waals surface area contributed by atoms with Crippen LogP contribution < -0.4 is 0 Å². The topological polar surface area (TPSA) is 34.3 Å². The van der Waals surface area contributed by atoms with Gasteiger partial charge in [-0.15, -0.1) is 0 Å². The molecule has 0 amide bonds. The van der Waals surface area contributed by atoms with Gasteiger partial charge in [-0.25, -0.2) is 0 Å².